The Morgan fingerprint density at radius 3 is 2.45 bits per heavy atom. The largest absolute Gasteiger partial charge is 0.384 e. The molecule has 0 radical (unpaired) electrons. The molecule has 0 aromatic heterocycles. The molecule has 0 rings (SSSR count). The van der Waals surface area contributed by atoms with E-state index in [1.165, 1.54) is 12.2 Å². The minimum Gasteiger partial charge on any atom is -0.384 e. The molecule has 0 unspecified atom stereocenters. The molecular weight excluding hydrogens is 143 g/mol. The third-order valence-electron chi connectivity index (χ3n) is 1.11. The summed E-state index contributed by atoms with van der Waals surface area (Å²) >= 11 is 0. The molecule has 0 saturated heterocycles. The summed E-state index contributed by atoms with van der Waals surface area (Å²) in [5, 5.41) is 6.93. The Kier molecular flexibility index (Phi) is 3.88. The number of nitrogens with two attached hydrogens (primary N) is 1. The molecule has 0 aromatic carbocycles. The fourth-order valence-electron chi connectivity index (χ4n) is 0.362. The maximum Gasteiger partial charge on any atom is 0.122 e. The molecule has 0 fully saturated rings. The normalized spacial score (nSPS) is 12.9. The predicted molar refractivity (Wildman–Crippen MR) is 45.1 cm³/mol. The Morgan fingerprint density at radius 1 is 1.55 bits per heavy atom. The second-order valence-electron chi connectivity index (χ2n) is 2.02. The third-order valence-corrected chi connectivity index (χ3v) is 1.11. The summed E-state index contributed by atoms with van der Waals surface area (Å²) in [6, 6.07) is 0. The quantitative estimate of drug-likeness (QED) is 0.364. The van der Waals surface area contributed by atoms with Gasteiger partial charge in [0.25, 0.3) is 0 Å². The molecule has 0 spiro atoms. The van der Waals surface area contributed by atoms with Crippen molar-refractivity contribution in [1.29, 1.82) is 5.41 Å². The zero-order valence-corrected chi connectivity index (χ0v) is 6.39. The molecule has 0 saturated carbocycles. The van der Waals surface area contributed by atoms with Crippen LogP contribution in [0.3, 0.4) is 0 Å². The van der Waals surface area contributed by atoms with Crippen LogP contribution in [0.25, 0.3) is 0 Å². The van der Waals surface area contributed by atoms with Gasteiger partial charge in [0.2, 0.25) is 0 Å². The minimum absolute atomic E-state index is 0.0573. The van der Waals surface area contributed by atoms with Crippen LogP contribution in [0.4, 0.5) is 4.39 Å². The summed E-state index contributed by atoms with van der Waals surface area (Å²) in [5.41, 5.74) is 5.63. The Morgan fingerprint density at radius 2 is 2.09 bits per heavy atom. The van der Waals surface area contributed by atoms with Crippen molar-refractivity contribution < 1.29 is 4.39 Å². The van der Waals surface area contributed by atoms with Gasteiger partial charge in [-0.05, 0) is 24.6 Å². The first kappa shape index (κ1) is 9.62. The van der Waals surface area contributed by atoms with Crippen LogP contribution in [0.5, 0.6) is 0 Å². The van der Waals surface area contributed by atoms with Gasteiger partial charge in [-0.1, -0.05) is 12.7 Å². The van der Waals surface area contributed by atoms with E-state index < -0.39 is 5.83 Å². The van der Waals surface area contributed by atoms with Gasteiger partial charge < -0.3 is 5.73 Å². The van der Waals surface area contributed by atoms with Crippen LogP contribution in [-0.4, -0.2) is 5.84 Å². The van der Waals surface area contributed by atoms with E-state index in [-0.39, 0.29) is 5.84 Å². The highest BCUT2D eigenvalue weighted by atomic mass is 19.1. The van der Waals surface area contributed by atoms with Crippen molar-refractivity contribution in [3.63, 3.8) is 0 Å². The number of rotatable bonds is 3. The molecule has 60 valence electrons. The van der Waals surface area contributed by atoms with Gasteiger partial charge >= 0.3 is 0 Å². The highest BCUT2D eigenvalue weighted by Gasteiger charge is 1.89. The molecule has 3 N–H and O–H groups in total. The van der Waals surface area contributed by atoms with Gasteiger partial charge in [-0.2, -0.15) is 0 Å². The number of halogens is 1. The lowest BCUT2D eigenvalue weighted by Crippen LogP contribution is -2.10. The molecule has 0 atom stereocenters. The van der Waals surface area contributed by atoms with Crippen LogP contribution in [0, 0.1) is 5.41 Å². The van der Waals surface area contributed by atoms with Crippen molar-refractivity contribution in [2.24, 2.45) is 5.73 Å². The van der Waals surface area contributed by atoms with Crippen LogP contribution in [-0.2, 0) is 0 Å². The molecular formula is C8H11FN2. The second kappa shape index (κ2) is 4.44. The Hall–Kier alpha value is -1.38. The van der Waals surface area contributed by atoms with E-state index >= 15 is 0 Å². The van der Waals surface area contributed by atoms with Crippen molar-refractivity contribution >= 4 is 5.84 Å². The molecule has 0 heterocycles. The van der Waals surface area contributed by atoms with Crippen molar-refractivity contribution in [3.8, 4) is 0 Å². The maximum atomic E-state index is 12.3. The Labute approximate surface area is 65.4 Å². The molecule has 0 aliphatic rings. The number of hydrogen-bond acceptors (Lipinski definition) is 1. The van der Waals surface area contributed by atoms with Crippen molar-refractivity contribution in [2.45, 2.75) is 6.92 Å². The van der Waals surface area contributed by atoms with E-state index in [9.17, 15) is 4.39 Å². The van der Waals surface area contributed by atoms with Gasteiger partial charge in [-0.15, -0.1) is 0 Å². The monoisotopic (exact) mass is 154 g/mol. The molecule has 3 heteroatoms. The van der Waals surface area contributed by atoms with Crippen LogP contribution in [0.1, 0.15) is 6.92 Å². The van der Waals surface area contributed by atoms with Crippen LogP contribution < -0.4 is 5.73 Å². The van der Waals surface area contributed by atoms with Gasteiger partial charge in [0.1, 0.15) is 11.7 Å². The Bertz CT molecular complexity index is 226. The smallest absolute Gasteiger partial charge is 0.122 e. The minimum atomic E-state index is -0.439. The fraction of sp³-hybridized carbons (Fsp3) is 0.125. The lowest BCUT2D eigenvalue weighted by molar-refractivity contribution is 0.668. The average Bonchev–Trinajstić information content (AvgIpc) is 1.99. The highest BCUT2D eigenvalue weighted by molar-refractivity contribution is 5.93. The zero-order chi connectivity index (χ0) is 8.85. The molecule has 0 aromatic rings. The summed E-state index contributed by atoms with van der Waals surface area (Å²) in [4.78, 5) is 0. The first-order chi connectivity index (χ1) is 5.07. The van der Waals surface area contributed by atoms with Gasteiger partial charge in [0.05, 0.1) is 0 Å². The third kappa shape index (κ3) is 4.08. The van der Waals surface area contributed by atoms with E-state index in [0.29, 0.717) is 5.57 Å². The van der Waals surface area contributed by atoms with Gasteiger partial charge in [-0.25, -0.2) is 4.39 Å². The van der Waals surface area contributed by atoms with Crippen molar-refractivity contribution in [3.05, 3.63) is 36.2 Å². The molecule has 0 amide bonds. The number of amidine groups is 1. The zero-order valence-electron chi connectivity index (χ0n) is 6.39. The lowest BCUT2D eigenvalue weighted by Gasteiger charge is -1.92. The van der Waals surface area contributed by atoms with Crippen LogP contribution in [0.15, 0.2) is 36.2 Å². The van der Waals surface area contributed by atoms with Crippen molar-refractivity contribution in [1.82, 2.24) is 0 Å². The van der Waals surface area contributed by atoms with E-state index in [1.54, 1.807) is 6.92 Å². The summed E-state index contributed by atoms with van der Waals surface area (Å²) in [6.07, 6.45) is 3.73. The van der Waals surface area contributed by atoms with Gasteiger partial charge in [-0.3, -0.25) is 5.41 Å². The molecule has 0 aliphatic heterocycles. The number of hydrogen-bond donors (Lipinski definition) is 2. The van der Waals surface area contributed by atoms with Crippen LogP contribution in [0.2, 0.25) is 0 Å². The predicted octanol–water partition coefficient (Wildman–Crippen LogP) is 1.91. The average molecular weight is 154 g/mol. The SMILES string of the molecule is C=C/C(F)=C\C=C(/C)C(=N)N. The first-order valence-electron chi connectivity index (χ1n) is 3.09. The van der Waals surface area contributed by atoms with Crippen LogP contribution >= 0.6 is 0 Å². The number of nitrogens with one attached hydrogen (secondary N) is 1. The summed E-state index contributed by atoms with van der Waals surface area (Å²) in [5.74, 6) is -0.497. The molecule has 2 nitrogen and oxygen atoms in total. The van der Waals surface area contributed by atoms with Gasteiger partial charge in [0.15, 0.2) is 0 Å². The highest BCUT2D eigenvalue weighted by Crippen LogP contribution is 1.99. The topological polar surface area (TPSA) is 49.9 Å². The van der Waals surface area contributed by atoms with E-state index in [1.807, 2.05) is 0 Å². The molecule has 11 heavy (non-hydrogen) atoms. The molecule has 0 bridgehead atoms. The second-order valence-corrected chi connectivity index (χ2v) is 2.02. The van der Waals surface area contributed by atoms with Gasteiger partial charge in [0, 0.05) is 0 Å². The summed E-state index contributed by atoms with van der Waals surface area (Å²) in [7, 11) is 0. The van der Waals surface area contributed by atoms with Crippen molar-refractivity contribution in [2.75, 3.05) is 0 Å². The first-order valence-corrected chi connectivity index (χ1v) is 3.09. The summed E-state index contributed by atoms with van der Waals surface area (Å²) in [6.45, 7) is 4.86. The standard InChI is InChI=1S/C8H11FN2/c1-3-7(9)5-4-6(2)8(10)11/h3-5H,1H2,2H3,(H3,10,11)/b6-4+,7-5+. The summed E-state index contributed by atoms with van der Waals surface area (Å²) < 4.78 is 12.3. The van der Waals surface area contributed by atoms with E-state index in [2.05, 4.69) is 6.58 Å². The van der Waals surface area contributed by atoms with E-state index in [4.69, 9.17) is 11.1 Å². The van der Waals surface area contributed by atoms with E-state index in [0.717, 1.165) is 6.08 Å². The fourth-order valence-corrected chi connectivity index (χ4v) is 0.362. The number of allylic oxidation sites excluding steroid dienone is 4. The molecule has 0 aliphatic carbocycles. The lowest BCUT2D eigenvalue weighted by atomic mass is 10.2. The Balaban J connectivity index is 4.34. The maximum absolute atomic E-state index is 12.3.